The second-order valence-corrected chi connectivity index (χ2v) is 5.87. The van der Waals surface area contributed by atoms with Crippen LogP contribution in [0.25, 0.3) is 0 Å². The molecule has 1 N–H and O–H groups in total. The Hall–Kier alpha value is -0.370. The van der Waals surface area contributed by atoms with Gasteiger partial charge in [0.05, 0.1) is 33.0 Å². The van der Waals surface area contributed by atoms with Gasteiger partial charge in [-0.25, -0.2) is 0 Å². The Morgan fingerprint density at radius 3 is 2.05 bits per heavy atom. The van der Waals surface area contributed by atoms with Crippen LogP contribution in [0.5, 0.6) is 0 Å². The van der Waals surface area contributed by atoms with Crippen LogP contribution < -0.4 is 5.32 Å². The second kappa shape index (κ2) is 13.3. The number of anilines is 1. The summed E-state index contributed by atoms with van der Waals surface area (Å²) in [5, 5.41) is 3.31. The summed E-state index contributed by atoms with van der Waals surface area (Å²) in [6.45, 7) is 7.06. The molecule has 4 nitrogen and oxygen atoms in total. The van der Waals surface area contributed by atoms with Crippen molar-refractivity contribution in [2.45, 2.75) is 19.8 Å². The average molecular weight is 407 g/mol. The Morgan fingerprint density at radius 1 is 0.857 bits per heavy atom. The molecule has 120 valence electrons. The van der Waals surface area contributed by atoms with E-state index < -0.39 is 0 Å². The minimum absolute atomic E-state index is 0.626. The van der Waals surface area contributed by atoms with Crippen LogP contribution in [-0.4, -0.2) is 46.2 Å². The minimum atomic E-state index is 0.626. The maximum absolute atomic E-state index is 5.49. The van der Waals surface area contributed by atoms with E-state index in [2.05, 4.69) is 59.1 Å². The number of halogens is 1. The first kappa shape index (κ1) is 18.7. The summed E-state index contributed by atoms with van der Waals surface area (Å²) in [4.78, 5) is 0. The molecule has 0 aliphatic heterocycles. The maximum atomic E-state index is 5.49. The predicted octanol–water partition coefficient (Wildman–Crippen LogP) is 3.55. The van der Waals surface area contributed by atoms with Gasteiger partial charge < -0.3 is 19.5 Å². The number of hydrogen-bond donors (Lipinski definition) is 1. The molecule has 0 amide bonds. The molecule has 21 heavy (non-hydrogen) atoms. The van der Waals surface area contributed by atoms with Crippen molar-refractivity contribution in [3.05, 3.63) is 27.8 Å². The number of hydrogen-bond acceptors (Lipinski definition) is 4. The van der Waals surface area contributed by atoms with Crippen LogP contribution in [-0.2, 0) is 14.2 Å². The standard InChI is InChI=1S/C16H26INO3/c1-2-3-9-19-11-13-21-14-12-20-10-8-18-16-6-4-15(17)5-7-16/h4-7,18H,2-3,8-14H2,1H3. The maximum Gasteiger partial charge on any atom is 0.0701 e. The second-order valence-electron chi connectivity index (χ2n) is 4.62. The summed E-state index contributed by atoms with van der Waals surface area (Å²) in [6.07, 6.45) is 2.29. The molecular formula is C16H26INO3. The highest BCUT2D eigenvalue weighted by atomic mass is 127. The molecule has 0 unspecified atom stereocenters. The summed E-state index contributed by atoms with van der Waals surface area (Å²) in [5.74, 6) is 0. The fraction of sp³-hybridized carbons (Fsp3) is 0.625. The lowest BCUT2D eigenvalue weighted by molar-refractivity contribution is 0.0159. The summed E-state index contributed by atoms with van der Waals surface area (Å²) in [7, 11) is 0. The number of rotatable bonds is 13. The van der Waals surface area contributed by atoms with Crippen molar-refractivity contribution in [3.8, 4) is 0 Å². The molecule has 0 aromatic heterocycles. The van der Waals surface area contributed by atoms with Crippen molar-refractivity contribution in [2.24, 2.45) is 0 Å². The van der Waals surface area contributed by atoms with Gasteiger partial charge in [-0.05, 0) is 53.3 Å². The van der Waals surface area contributed by atoms with Crippen LogP contribution in [0.15, 0.2) is 24.3 Å². The van der Waals surface area contributed by atoms with Gasteiger partial charge in [-0.2, -0.15) is 0 Å². The third kappa shape index (κ3) is 10.9. The van der Waals surface area contributed by atoms with Crippen molar-refractivity contribution in [1.29, 1.82) is 0 Å². The predicted molar refractivity (Wildman–Crippen MR) is 95.0 cm³/mol. The highest BCUT2D eigenvalue weighted by Gasteiger charge is 1.93. The van der Waals surface area contributed by atoms with Crippen molar-refractivity contribution in [1.82, 2.24) is 0 Å². The van der Waals surface area contributed by atoms with Crippen LogP contribution in [0.3, 0.4) is 0 Å². The largest absolute Gasteiger partial charge is 0.383 e. The van der Waals surface area contributed by atoms with E-state index in [0.29, 0.717) is 33.0 Å². The van der Waals surface area contributed by atoms with E-state index in [1.807, 2.05) is 0 Å². The van der Waals surface area contributed by atoms with Crippen LogP contribution in [0.2, 0.25) is 0 Å². The first-order valence-corrected chi connectivity index (χ1v) is 8.63. The van der Waals surface area contributed by atoms with Crippen molar-refractivity contribution in [2.75, 3.05) is 51.5 Å². The Balaban J connectivity index is 1.81. The van der Waals surface area contributed by atoms with E-state index in [9.17, 15) is 0 Å². The number of ether oxygens (including phenoxy) is 3. The third-order valence-corrected chi connectivity index (χ3v) is 3.53. The van der Waals surface area contributed by atoms with Crippen LogP contribution in [0, 0.1) is 3.57 Å². The molecule has 0 fully saturated rings. The van der Waals surface area contributed by atoms with Crippen LogP contribution >= 0.6 is 22.6 Å². The van der Waals surface area contributed by atoms with Gasteiger partial charge in [0, 0.05) is 22.4 Å². The molecule has 1 aromatic carbocycles. The molecule has 0 aliphatic rings. The smallest absolute Gasteiger partial charge is 0.0701 e. The van der Waals surface area contributed by atoms with Crippen LogP contribution in [0.4, 0.5) is 5.69 Å². The molecule has 0 spiro atoms. The summed E-state index contributed by atoms with van der Waals surface area (Å²) >= 11 is 2.30. The topological polar surface area (TPSA) is 39.7 Å². The molecule has 1 rings (SSSR count). The van der Waals surface area contributed by atoms with Crippen molar-refractivity contribution >= 4 is 28.3 Å². The third-order valence-electron chi connectivity index (χ3n) is 2.81. The fourth-order valence-corrected chi connectivity index (χ4v) is 1.98. The quantitative estimate of drug-likeness (QED) is 0.401. The van der Waals surface area contributed by atoms with E-state index in [1.54, 1.807) is 0 Å². The molecule has 0 heterocycles. The monoisotopic (exact) mass is 407 g/mol. The molecule has 0 atom stereocenters. The zero-order valence-electron chi connectivity index (χ0n) is 12.8. The normalized spacial score (nSPS) is 10.8. The van der Waals surface area contributed by atoms with E-state index in [1.165, 1.54) is 9.99 Å². The SMILES string of the molecule is CCCCOCCOCCOCCNc1ccc(I)cc1. The lowest BCUT2D eigenvalue weighted by Gasteiger charge is -2.08. The zero-order valence-corrected chi connectivity index (χ0v) is 14.9. The zero-order chi connectivity index (χ0) is 15.2. The van der Waals surface area contributed by atoms with Crippen molar-refractivity contribution < 1.29 is 14.2 Å². The van der Waals surface area contributed by atoms with E-state index >= 15 is 0 Å². The van der Waals surface area contributed by atoms with Gasteiger partial charge >= 0.3 is 0 Å². The molecular weight excluding hydrogens is 381 g/mol. The Morgan fingerprint density at radius 2 is 1.43 bits per heavy atom. The van der Waals surface area contributed by atoms with Gasteiger partial charge in [-0.1, -0.05) is 13.3 Å². The van der Waals surface area contributed by atoms with Crippen molar-refractivity contribution in [3.63, 3.8) is 0 Å². The first-order valence-electron chi connectivity index (χ1n) is 7.55. The molecule has 0 aliphatic carbocycles. The Bertz CT molecular complexity index is 346. The molecule has 0 radical (unpaired) electrons. The fourth-order valence-electron chi connectivity index (χ4n) is 1.62. The minimum Gasteiger partial charge on any atom is -0.383 e. The number of nitrogens with one attached hydrogen (secondary N) is 1. The average Bonchev–Trinajstić information content (AvgIpc) is 2.50. The molecule has 5 heteroatoms. The highest BCUT2D eigenvalue weighted by molar-refractivity contribution is 14.1. The number of unbranched alkanes of at least 4 members (excludes halogenated alkanes) is 1. The first-order chi connectivity index (χ1) is 10.3. The molecule has 0 bridgehead atoms. The lowest BCUT2D eigenvalue weighted by Crippen LogP contribution is -2.14. The lowest BCUT2D eigenvalue weighted by atomic mass is 10.3. The van der Waals surface area contributed by atoms with E-state index in [4.69, 9.17) is 14.2 Å². The highest BCUT2D eigenvalue weighted by Crippen LogP contribution is 2.10. The summed E-state index contributed by atoms with van der Waals surface area (Å²) in [5.41, 5.74) is 1.12. The van der Waals surface area contributed by atoms with Gasteiger partial charge in [0.1, 0.15) is 0 Å². The van der Waals surface area contributed by atoms with Gasteiger partial charge in [0.15, 0.2) is 0 Å². The molecule has 1 aromatic rings. The Kier molecular flexibility index (Phi) is 11.8. The summed E-state index contributed by atoms with van der Waals surface area (Å²) in [6, 6.07) is 8.31. The van der Waals surface area contributed by atoms with Gasteiger partial charge in [0.2, 0.25) is 0 Å². The van der Waals surface area contributed by atoms with Gasteiger partial charge in [-0.15, -0.1) is 0 Å². The van der Waals surface area contributed by atoms with Crippen LogP contribution in [0.1, 0.15) is 19.8 Å². The van der Waals surface area contributed by atoms with Gasteiger partial charge in [-0.3, -0.25) is 0 Å². The van der Waals surface area contributed by atoms with Gasteiger partial charge in [0.25, 0.3) is 0 Å². The van der Waals surface area contributed by atoms with E-state index in [-0.39, 0.29) is 0 Å². The number of benzene rings is 1. The Labute approximate surface area is 141 Å². The molecule has 0 saturated carbocycles. The molecule has 0 saturated heterocycles. The summed E-state index contributed by atoms with van der Waals surface area (Å²) < 4.78 is 17.6. The van der Waals surface area contributed by atoms with E-state index in [0.717, 1.165) is 25.3 Å².